The largest absolute Gasteiger partial charge is 0.353 e. The molecule has 0 aliphatic heterocycles. The van der Waals surface area contributed by atoms with E-state index in [-0.39, 0.29) is 11.9 Å². The minimum Gasteiger partial charge on any atom is -0.353 e. The van der Waals surface area contributed by atoms with Crippen LogP contribution >= 0.6 is 0 Å². The van der Waals surface area contributed by atoms with Crippen molar-refractivity contribution in [2.45, 2.75) is 40.2 Å². The average Bonchev–Trinajstić information content (AvgIpc) is 2.02. The summed E-state index contributed by atoms with van der Waals surface area (Å²) in [5, 5.41) is 2.87. The molecule has 1 atom stereocenters. The van der Waals surface area contributed by atoms with Gasteiger partial charge in [-0.1, -0.05) is 6.92 Å². The van der Waals surface area contributed by atoms with E-state index in [4.69, 9.17) is 5.73 Å². The Morgan fingerprint density at radius 1 is 1.58 bits per heavy atom. The third-order valence-corrected chi connectivity index (χ3v) is 2.20. The van der Waals surface area contributed by atoms with Crippen LogP contribution < -0.4 is 11.1 Å². The van der Waals surface area contributed by atoms with Gasteiger partial charge in [-0.15, -0.1) is 0 Å². The zero-order valence-electron chi connectivity index (χ0n) is 8.48. The molecule has 0 aliphatic carbocycles. The average molecular weight is 172 g/mol. The van der Waals surface area contributed by atoms with Gasteiger partial charge in [-0.3, -0.25) is 4.79 Å². The summed E-state index contributed by atoms with van der Waals surface area (Å²) in [6.07, 6.45) is 0.780. The van der Waals surface area contributed by atoms with Crippen LogP contribution in [0, 0.1) is 5.41 Å². The summed E-state index contributed by atoms with van der Waals surface area (Å²) in [6.45, 7) is 8.18. The van der Waals surface area contributed by atoms with Gasteiger partial charge in [0.2, 0.25) is 5.91 Å². The number of hydrogen-bond donors (Lipinski definition) is 2. The summed E-state index contributed by atoms with van der Waals surface area (Å²) in [5.74, 6) is 0.0579. The highest BCUT2D eigenvalue weighted by molar-refractivity contribution is 5.82. The molecule has 0 heterocycles. The first kappa shape index (κ1) is 11.4. The monoisotopic (exact) mass is 172 g/mol. The van der Waals surface area contributed by atoms with E-state index < -0.39 is 5.41 Å². The van der Waals surface area contributed by atoms with E-state index in [2.05, 4.69) is 5.32 Å². The van der Waals surface area contributed by atoms with Crippen molar-refractivity contribution in [3.63, 3.8) is 0 Å². The fraction of sp³-hybridized carbons (Fsp3) is 0.889. The van der Waals surface area contributed by atoms with Crippen LogP contribution in [0.15, 0.2) is 0 Å². The minimum absolute atomic E-state index is 0.0579. The Kier molecular flexibility index (Phi) is 4.24. The van der Waals surface area contributed by atoms with Gasteiger partial charge in [0, 0.05) is 12.6 Å². The van der Waals surface area contributed by atoms with Gasteiger partial charge in [0.1, 0.15) is 0 Å². The maximum Gasteiger partial charge on any atom is 0.227 e. The van der Waals surface area contributed by atoms with Crippen molar-refractivity contribution in [1.82, 2.24) is 5.32 Å². The summed E-state index contributed by atoms with van der Waals surface area (Å²) in [4.78, 5) is 11.5. The van der Waals surface area contributed by atoms with Crippen molar-refractivity contribution in [2.75, 3.05) is 6.54 Å². The zero-order chi connectivity index (χ0) is 9.78. The molecule has 0 aromatic rings. The van der Waals surface area contributed by atoms with E-state index >= 15 is 0 Å². The van der Waals surface area contributed by atoms with E-state index in [0.717, 1.165) is 6.42 Å². The standard InChI is InChI=1S/C9H20N2O/c1-5-9(4,6-10)8(12)11-7(2)3/h7H,5-6,10H2,1-4H3,(H,11,12). The van der Waals surface area contributed by atoms with Gasteiger partial charge in [-0.2, -0.15) is 0 Å². The van der Waals surface area contributed by atoms with Crippen LogP contribution in [-0.4, -0.2) is 18.5 Å². The van der Waals surface area contributed by atoms with E-state index in [9.17, 15) is 4.79 Å². The molecule has 3 N–H and O–H groups in total. The second-order valence-electron chi connectivity index (χ2n) is 3.75. The summed E-state index contributed by atoms with van der Waals surface area (Å²) in [5.41, 5.74) is 5.13. The predicted octanol–water partition coefficient (Wildman–Crippen LogP) is 0.886. The Balaban J connectivity index is 4.22. The molecular weight excluding hydrogens is 152 g/mol. The summed E-state index contributed by atoms with van der Waals surface area (Å²) < 4.78 is 0. The van der Waals surface area contributed by atoms with E-state index in [1.807, 2.05) is 27.7 Å². The number of amides is 1. The lowest BCUT2D eigenvalue weighted by molar-refractivity contribution is -0.130. The molecule has 0 rings (SSSR count). The molecule has 0 saturated heterocycles. The molecule has 12 heavy (non-hydrogen) atoms. The second kappa shape index (κ2) is 4.45. The maximum atomic E-state index is 11.5. The molecule has 0 fully saturated rings. The molecule has 3 heteroatoms. The smallest absolute Gasteiger partial charge is 0.227 e. The molecule has 0 aromatic heterocycles. The summed E-state index contributed by atoms with van der Waals surface area (Å²) >= 11 is 0. The van der Waals surface area contributed by atoms with Gasteiger partial charge < -0.3 is 11.1 Å². The molecular formula is C9H20N2O. The minimum atomic E-state index is -0.399. The van der Waals surface area contributed by atoms with Gasteiger partial charge in [-0.25, -0.2) is 0 Å². The first-order chi connectivity index (χ1) is 5.46. The van der Waals surface area contributed by atoms with Crippen molar-refractivity contribution >= 4 is 5.91 Å². The van der Waals surface area contributed by atoms with Gasteiger partial charge in [0.05, 0.1) is 5.41 Å². The number of carbonyl (C=O) groups is 1. The fourth-order valence-electron chi connectivity index (χ4n) is 0.834. The van der Waals surface area contributed by atoms with Gasteiger partial charge in [0.15, 0.2) is 0 Å². The van der Waals surface area contributed by atoms with E-state index in [0.29, 0.717) is 6.54 Å². The van der Waals surface area contributed by atoms with Crippen molar-refractivity contribution < 1.29 is 4.79 Å². The van der Waals surface area contributed by atoms with Crippen LogP contribution in [-0.2, 0) is 4.79 Å². The first-order valence-corrected chi connectivity index (χ1v) is 4.47. The number of nitrogens with two attached hydrogens (primary N) is 1. The van der Waals surface area contributed by atoms with Gasteiger partial charge in [-0.05, 0) is 27.2 Å². The molecule has 0 bridgehead atoms. The molecule has 1 amide bonds. The lowest BCUT2D eigenvalue weighted by Gasteiger charge is -2.26. The van der Waals surface area contributed by atoms with Crippen LogP contribution in [0.5, 0.6) is 0 Å². The van der Waals surface area contributed by atoms with Crippen LogP contribution in [0.25, 0.3) is 0 Å². The van der Waals surface area contributed by atoms with Crippen molar-refractivity contribution in [3.05, 3.63) is 0 Å². The van der Waals surface area contributed by atoms with E-state index in [1.165, 1.54) is 0 Å². The van der Waals surface area contributed by atoms with Gasteiger partial charge >= 0.3 is 0 Å². The molecule has 0 radical (unpaired) electrons. The predicted molar refractivity (Wildman–Crippen MR) is 50.7 cm³/mol. The highest BCUT2D eigenvalue weighted by atomic mass is 16.2. The highest BCUT2D eigenvalue weighted by Gasteiger charge is 2.29. The lowest BCUT2D eigenvalue weighted by atomic mass is 9.86. The number of carbonyl (C=O) groups excluding carboxylic acids is 1. The Hall–Kier alpha value is -0.570. The molecule has 0 aromatic carbocycles. The molecule has 0 saturated carbocycles. The number of nitrogens with one attached hydrogen (secondary N) is 1. The topological polar surface area (TPSA) is 55.1 Å². The zero-order valence-corrected chi connectivity index (χ0v) is 8.48. The van der Waals surface area contributed by atoms with Crippen molar-refractivity contribution in [3.8, 4) is 0 Å². The summed E-state index contributed by atoms with van der Waals surface area (Å²) in [6, 6.07) is 0.190. The lowest BCUT2D eigenvalue weighted by Crippen LogP contribution is -2.45. The van der Waals surface area contributed by atoms with Crippen LogP contribution in [0.3, 0.4) is 0 Å². The van der Waals surface area contributed by atoms with Crippen molar-refractivity contribution in [2.24, 2.45) is 11.1 Å². The van der Waals surface area contributed by atoms with Gasteiger partial charge in [0.25, 0.3) is 0 Å². The normalized spacial score (nSPS) is 15.8. The second-order valence-corrected chi connectivity index (χ2v) is 3.75. The Morgan fingerprint density at radius 2 is 2.08 bits per heavy atom. The third kappa shape index (κ3) is 2.81. The maximum absolute atomic E-state index is 11.5. The SMILES string of the molecule is CCC(C)(CN)C(=O)NC(C)C. The quantitative estimate of drug-likeness (QED) is 0.661. The molecule has 72 valence electrons. The Labute approximate surface area is 74.7 Å². The Morgan fingerprint density at radius 3 is 2.33 bits per heavy atom. The molecule has 0 aliphatic rings. The number of hydrogen-bond acceptors (Lipinski definition) is 2. The molecule has 1 unspecified atom stereocenters. The summed E-state index contributed by atoms with van der Waals surface area (Å²) in [7, 11) is 0. The third-order valence-electron chi connectivity index (χ3n) is 2.20. The molecule has 3 nitrogen and oxygen atoms in total. The van der Waals surface area contributed by atoms with E-state index in [1.54, 1.807) is 0 Å². The van der Waals surface area contributed by atoms with Crippen LogP contribution in [0.2, 0.25) is 0 Å². The number of rotatable bonds is 4. The van der Waals surface area contributed by atoms with Crippen LogP contribution in [0.4, 0.5) is 0 Å². The highest BCUT2D eigenvalue weighted by Crippen LogP contribution is 2.19. The van der Waals surface area contributed by atoms with Crippen LogP contribution in [0.1, 0.15) is 34.1 Å². The molecule has 0 spiro atoms. The fourth-order valence-corrected chi connectivity index (χ4v) is 0.834. The first-order valence-electron chi connectivity index (χ1n) is 4.47. The van der Waals surface area contributed by atoms with Crippen molar-refractivity contribution in [1.29, 1.82) is 0 Å². The Bertz CT molecular complexity index is 151.